The minimum atomic E-state index is -0.466. The van der Waals surface area contributed by atoms with E-state index in [-0.39, 0.29) is 0 Å². The number of rotatable bonds is 0. The van der Waals surface area contributed by atoms with E-state index >= 15 is 0 Å². The zero-order valence-electron chi connectivity index (χ0n) is 10.4. The molecule has 3 fully saturated rings. The first-order chi connectivity index (χ1) is 7.29. The maximum Gasteiger partial charge on any atom is 0.0591 e. The van der Waals surface area contributed by atoms with E-state index in [9.17, 15) is 0 Å². The zero-order valence-corrected chi connectivity index (χ0v) is 12.2. The van der Waals surface area contributed by atoms with Gasteiger partial charge in [0.1, 0.15) is 0 Å². The molecule has 0 atom stereocenters. The Balaban J connectivity index is 2.02. The predicted molar refractivity (Wildman–Crippen MR) is 76.7 cm³/mol. The van der Waals surface area contributed by atoms with Crippen LogP contribution in [0.5, 0.6) is 0 Å². The van der Waals surface area contributed by atoms with Crippen LogP contribution >= 0.6 is 15.2 Å². The third-order valence-corrected chi connectivity index (χ3v) is 11.3. The van der Waals surface area contributed by atoms with Crippen molar-refractivity contribution in [3.05, 3.63) is 0 Å². The van der Waals surface area contributed by atoms with Crippen molar-refractivity contribution in [1.82, 2.24) is 0 Å². The van der Waals surface area contributed by atoms with E-state index in [1.165, 1.54) is 0 Å². The molecule has 0 N–H and O–H groups in total. The molecule has 3 heterocycles. The summed E-state index contributed by atoms with van der Waals surface area (Å²) in [4.78, 5) is 0. The first-order valence-electron chi connectivity index (χ1n) is 6.84. The summed E-state index contributed by atoms with van der Waals surface area (Å²) >= 11 is 0. The van der Waals surface area contributed by atoms with E-state index in [0.717, 1.165) is 0 Å². The molecule has 2 heteroatoms. The summed E-state index contributed by atoms with van der Waals surface area (Å²) in [6, 6.07) is 0. The molecule has 3 rings (SSSR count). The van der Waals surface area contributed by atoms with Crippen LogP contribution in [0.3, 0.4) is 0 Å². The van der Waals surface area contributed by atoms with Gasteiger partial charge in [-0.05, 0) is 57.0 Å². The summed E-state index contributed by atoms with van der Waals surface area (Å²) < 4.78 is 0. The fraction of sp³-hybridized carbons (Fsp3) is 1.00. The second-order valence-corrected chi connectivity index (χ2v) is 13.0. The van der Waals surface area contributed by atoms with Crippen LogP contribution in [0.2, 0.25) is 0 Å². The van der Waals surface area contributed by atoms with Crippen molar-refractivity contribution >= 4 is 15.2 Å². The Morgan fingerprint density at radius 2 is 1.07 bits per heavy atom. The van der Waals surface area contributed by atoms with Gasteiger partial charge in [-0.1, -0.05) is 0 Å². The van der Waals surface area contributed by atoms with Crippen LogP contribution in [0.15, 0.2) is 0 Å². The lowest BCUT2D eigenvalue weighted by Gasteiger charge is -2.28. The molecule has 0 radical (unpaired) electrons. The van der Waals surface area contributed by atoms with Crippen molar-refractivity contribution in [2.45, 2.75) is 38.5 Å². The van der Waals surface area contributed by atoms with Crippen molar-refractivity contribution in [3.63, 3.8) is 0 Å². The summed E-state index contributed by atoms with van der Waals surface area (Å²) in [6.07, 6.45) is 19.2. The Labute approximate surface area is 97.7 Å². The van der Waals surface area contributed by atoms with Gasteiger partial charge in [0.05, 0.1) is 18.5 Å². The van der Waals surface area contributed by atoms with Crippen LogP contribution in [0.4, 0.5) is 0 Å². The highest BCUT2D eigenvalue weighted by Gasteiger charge is 2.31. The van der Waals surface area contributed by atoms with Crippen LogP contribution in [0.1, 0.15) is 38.5 Å². The lowest BCUT2D eigenvalue weighted by atomic mass is 10.4. The highest BCUT2D eigenvalue weighted by atomic mass is 31.2. The van der Waals surface area contributed by atoms with Gasteiger partial charge in [0.25, 0.3) is 0 Å². The summed E-state index contributed by atoms with van der Waals surface area (Å²) in [5, 5.41) is 0. The summed E-state index contributed by atoms with van der Waals surface area (Å²) in [5.74, 6) is 0. The van der Waals surface area contributed by atoms with E-state index in [4.69, 9.17) is 0 Å². The fourth-order valence-corrected chi connectivity index (χ4v) is 9.47. The van der Waals surface area contributed by atoms with E-state index in [1.54, 1.807) is 75.5 Å². The van der Waals surface area contributed by atoms with Gasteiger partial charge in [-0.15, -0.1) is 7.92 Å². The highest BCUT2D eigenvalue weighted by Crippen LogP contribution is 2.59. The molecule has 88 valence electrons. The van der Waals surface area contributed by atoms with Gasteiger partial charge in [0.2, 0.25) is 0 Å². The number of hydrogen-bond acceptors (Lipinski definition) is 0. The van der Waals surface area contributed by atoms with E-state index in [0.29, 0.717) is 7.92 Å². The molecule has 0 aromatic heterocycles. The van der Waals surface area contributed by atoms with Gasteiger partial charge >= 0.3 is 0 Å². The van der Waals surface area contributed by atoms with Crippen molar-refractivity contribution in [3.8, 4) is 0 Å². The first-order valence-corrected chi connectivity index (χ1v) is 11.5. The third kappa shape index (κ3) is 3.98. The Hall–Kier alpha value is 0.860. The van der Waals surface area contributed by atoms with Crippen molar-refractivity contribution in [2.75, 3.05) is 43.6 Å². The SMILES string of the molecule is C[P+]12CCCCP(CCCC1)CCCC2. The topological polar surface area (TPSA) is 0 Å². The van der Waals surface area contributed by atoms with E-state index in [1.807, 2.05) is 0 Å². The summed E-state index contributed by atoms with van der Waals surface area (Å²) in [7, 11) is 0.00387. The third-order valence-electron chi connectivity index (χ3n) is 4.27. The normalized spacial score (nSPS) is 39.4. The molecule has 0 nitrogen and oxygen atoms in total. The van der Waals surface area contributed by atoms with E-state index in [2.05, 4.69) is 6.66 Å². The smallest absolute Gasteiger partial charge is 0.0591 e. The van der Waals surface area contributed by atoms with Crippen molar-refractivity contribution in [2.24, 2.45) is 0 Å². The van der Waals surface area contributed by atoms with Crippen LogP contribution < -0.4 is 0 Å². The molecule has 2 bridgehead atoms. The predicted octanol–water partition coefficient (Wildman–Crippen LogP) is 4.48. The Kier molecular flexibility index (Phi) is 4.91. The molecule has 15 heavy (non-hydrogen) atoms. The van der Waals surface area contributed by atoms with Crippen LogP contribution in [-0.2, 0) is 0 Å². The summed E-state index contributed by atoms with van der Waals surface area (Å²) in [6.45, 7) is 2.68. The van der Waals surface area contributed by atoms with Crippen molar-refractivity contribution < 1.29 is 0 Å². The van der Waals surface area contributed by atoms with Crippen LogP contribution in [0.25, 0.3) is 0 Å². The largest absolute Gasteiger partial charge is 0.107 e. The minimum Gasteiger partial charge on any atom is -0.107 e. The molecule has 3 aliphatic heterocycles. The number of hydrogen-bond donors (Lipinski definition) is 0. The Morgan fingerprint density at radius 3 is 1.47 bits per heavy atom. The molecule has 0 aromatic rings. The lowest BCUT2D eigenvalue weighted by molar-refractivity contribution is 0.806. The Morgan fingerprint density at radius 1 is 0.667 bits per heavy atom. The van der Waals surface area contributed by atoms with Gasteiger partial charge in [0, 0.05) is 13.9 Å². The van der Waals surface area contributed by atoms with Gasteiger partial charge < -0.3 is 0 Å². The van der Waals surface area contributed by atoms with Crippen molar-refractivity contribution in [1.29, 1.82) is 0 Å². The average molecular weight is 245 g/mol. The first kappa shape index (κ1) is 12.3. The molecule has 0 unspecified atom stereocenters. The molecule has 0 amide bonds. The molecular weight excluding hydrogens is 218 g/mol. The highest BCUT2D eigenvalue weighted by molar-refractivity contribution is 7.75. The lowest BCUT2D eigenvalue weighted by Crippen LogP contribution is -2.12. The second kappa shape index (κ2) is 5.97. The molecule has 0 aliphatic carbocycles. The monoisotopic (exact) mass is 245 g/mol. The molecule has 0 saturated carbocycles. The van der Waals surface area contributed by atoms with E-state index < -0.39 is 7.26 Å². The second-order valence-electron chi connectivity index (χ2n) is 5.75. The maximum absolute atomic E-state index is 2.68. The number of fused-ring (bicyclic) bond motifs is 9. The molecule has 3 saturated heterocycles. The van der Waals surface area contributed by atoms with Crippen LogP contribution in [-0.4, -0.2) is 43.6 Å². The van der Waals surface area contributed by atoms with Gasteiger partial charge in [-0.3, -0.25) is 0 Å². The van der Waals surface area contributed by atoms with Gasteiger partial charge in [0.15, 0.2) is 0 Å². The average Bonchev–Trinajstić information content (AvgIpc) is 2.26. The fourth-order valence-electron chi connectivity index (χ4n) is 3.16. The molecule has 0 spiro atoms. The molecular formula is C13H27P2+. The maximum atomic E-state index is 2.68. The quantitative estimate of drug-likeness (QED) is 0.552. The standard InChI is InChI=1S/C13H27P2/c1-15-11-5-2-8-14(9-3-6-12-15)10-4-7-13-15/h2-13H2,1H3/q+1. The van der Waals surface area contributed by atoms with Crippen LogP contribution in [0, 0.1) is 0 Å². The minimum absolute atomic E-state index is 0.466. The molecule has 3 aliphatic rings. The molecule has 0 aromatic carbocycles. The van der Waals surface area contributed by atoms with Gasteiger partial charge in [-0.2, -0.15) is 0 Å². The Bertz CT molecular complexity index is 160. The van der Waals surface area contributed by atoms with Gasteiger partial charge in [-0.25, -0.2) is 0 Å². The zero-order chi connectivity index (χ0) is 10.6. The summed E-state index contributed by atoms with van der Waals surface area (Å²) in [5.41, 5.74) is 0.